The minimum absolute atomic E-state index is 0.0343. The number of nitrogens with one attached hydrogen (secondary N) is 1. The SMILES string of the molecule is Cc1ccc2c(=O)c(C(=O)c3ccc(Cl)cc3)cn(CC(=O)Nc3ccccc3)c2n1. The Bertz CT molecular complexity index is 1350. The molecule has 1 N–H and O–H groups in total. The molecule has 6 nitrogen and oxygen atoms in total. The average molecular weight is 432 g/mol. The number of anilines is 1. The van der Waals surface area contributed by atoms with Crippen molar-refractivity contribution in [2.75, 3.05) is 5.32 Å². The molecule has 4 rings (SSSR count). The van der Waals surface area contributed by atoms with Gasteiger partial charge in [-0.2, -0.15) is 0 Å². The molecule has 0 saturated carbocycles. The third-order valence-electron chi connectivity index (χ3n) is 4.78. The van der Waals surface area contributed by atoms with Gasteiger partial charge in [0.1, 0.15) is 12.2 Å². The van der Waals surface area contributed by atoms with Crippen LogP contribution in [0, 0.1) is 6.92 Å². The first-order chi connectivity index (χ1) is 14.9. The minimum Gasteiger partial charge on any atom is -0.325 e. The van der Waals surface area contributed by atoms with Crippen LogP contribution in [0.15, 0.2) is 77.7 Å². The van der Waals surface area contributed by atoms with Gasteiger partial charge < -0.3 is 9.88 Å². The lowest BCUT2D eigenvalue weighted by Crippen LogP contribution is -2.25. The topological polar surface area (TPSA) is 81.1 Å². The van der Waals surface area contributed by atoms with Crippen LogP contribution in [-0.4, -0.2) is 21.2 Å². The van der Waals surface area contributed by atoms with E-state index in [1.54, 1.807) is 55.5 Å². The Kier molecular flexibility index (Phi) is 5.64. The summed E-state index contributed by atoms with van der Waals surface area (Å²) in [5.41, 5.74) is 1.57. The van der Waals surface area contributed by atoms with E-state index in [4.69, 9.17) is 11.6 Å². The maximum Gasteiger partial charge on any atom is 0.244 e. The lowest BCUT2D eigenvalue weighted by atomic mass is 10.0. The zero-order chi connectivity index (χ0) is 22.0. The van der Waals surface area contributed by atoms with Crippen LogP contribution in [0.2, 0.25) is 5.02 Å². The molecule has 0 aliphatic carbocycles. The summed E-state index contributed by atoms with van der Waals surface area (Å²) in [5.74, 6) is -0.745. The minimum atomic E-state index is -0.443. The zero-order valence-electron chi connectivity index (χ0n) is 16.6. The second-order valence-corrected chi connectivity index (χ2v) is 7.51. The lowest BCUT2D eigenvalue weighted by Gasteiger charge is -2.13. The smallest absolute Gasteiger partial charge is 0.244 e. The van der Waals surface area contributed by atoms with Crippen molar-refractivity contribution in [3.05, 3.63) is 105 Å². The molecule has 7 heteroatoms. The summed E-state index contributed by atoms with van der Waals surface area (Å²) >= 11 is 5.91. The fourth-order valence-electron chi connectivity index (χ4n) is 3.28. The number of amides is 1. The van der Waals surface area contributed by atoms with E-state index < -0.39 is 11.2 Å². The highest BCUT2D eigenvalue weighted by molar-refractivity contribution is 6.30. The molecule has 0 aliphatic rings. The van der Waals surface area contributed by atoms with Gasteiger partial charge in [0.05, 0.1) is 10.9 Å². The maximum atomic E-state index is 13.0. The largest absolute Gasteiger partial charge is 0.325 e. The molecule has 154 valence electrons. The maximum absolute atomic E-state index is 13.0. The molecule has 0 aliphatic heterocycles. The Balaban J connectivity index is 1.78. The van der Waals surface area contributed by atoms with Crippen molar-refractivity contribution in [2.45, 2.75) is 13.5 Å². The average Bonchev–Trinajstić information content (AvgIpc) is 2.76. The first-order valence-corrected chi connectivity index (χ1v) is 9.96. The molecule has 0 unspecified atom stereocenters. The van der Waals surface area contributed by atoms with Gasteiger partial charge in [-0.05, 0) is 55.5 Å². The number of aryl methyl sites for hydroxylation is 1. The summed E-state index contributed by atoms with van der Waals surface area (Å²) in [6, 6.07) is 18.7. The summed E-state index contributed by atoms with van der Waals surface area (Å²) in [4.78, 5) is 43.2. The van der Waals surface area contributed by atoms with Gasteiger partial charge in [0.15, 0.2) is 5.78 Å². The summed E-state index contributed by atoms with van der Waals surface area (Å²) < 4.78 is 1.53. The predicted octanol–water partition coefficient (Wildman–Crippen LogP) is 4.23. The number of carbonyl (C=O) groups excluding carboxylic acids is 2. The molecule has 2 aromatic heterocycles. The molecular weight excluding hydrogens is 414 g/mol. The Morgan fingerprint density at radius 2 is 1.71 bits per heavy atom. The van der Waals surface area contributed by atoms with Gasteiger partial charge in [0.25, 0.3) is 0 Å². The molecule has 0 spiro atoms. The molecule has 1 amide bonds. The number of hydrogen-bond donors (Lipinski definition) is 1. The Morgan fingerprint density at radius 3 is 2.42 bits per heavy atom. The van der Waals surface area contributed by atoms with Crippen molar-refractivity contribution in [3.8, 4) is 0 Å². The van der Waals surface area contributed by atoms with Crippen LogP contribution in [0.4, 0.5) is 5.69 Å². The van der Waals surface area contributed by atoms with Crippen molar-refractivity contribution in [1.29, 1.82) is 0 Å². The normalized spacial score (nSPS) is 10.8. The summed E-state index contributed by atoms with van der Waals surface area (Å²) in [5, 5.41) is 3.57. The first-order valence-electron chi connectivity index (χ1n) is 9.58. The zero-order valence-corrected chi connectivity index (χ0v) is 17.4. The second-order valence-electron chi connectivity index (χ2n) is 7.07. The third kappa shape index (κ3) is 4.39. The van der Waals surface area contributed by atoms with Crippen LogP contribution < -0.4 is 10.7 Å². The van der Waals surface area contributed by atoms with E-state index in [0.29, 0.717) is 27.6 Å². The van der Waals surface area contributed by atoms with Gasteiger partial charge in [-0.25, -0.2) is 4.98 Å². The molecule has 2 heterocycles. The van der Waals surface area contributed by atoms with E-state index in [1.807, 2.05) is 18.2 Å². The highest BCUT2D eigenvalue weighted by atomic mass is 35.5. The molecule has 0 fully saturated rings. The van der Waals surface area contributed by atoms with E-state index in [2.05, 4.69) is 10.3 Å². The first kappa shape index (κ1) is 20.5. The van der Waals surface area contributed by atoms with Crippen molar-refractivity contribution in [2.24, 2.45) is 0 Å². The molecule has 4 aromatic rings. The van der Waals surface area contributed by atoms with Gasteiger partial charge in [0, 0.05) is 28.2 Å². The number of benzene rings is 2. The van der Waals surface area contributed by atoms with Crippen LogP contribution >= 0.6 is 11.6 Å². The van der Waals surface area contributed by atoms with E-state index in [9.17, 15) is 14.4 Å². The fourth-order valence-corrected chi connectivity index (χ4v) is 3.40. The van der Waals surface area contributed by atoms with E-state index in [1.165, 1.54) is 10.8 Å². The number of hydrogen-bond acceptors (Lipinski definition) is 4. The molecule has 0 radical (unpaired) electrons. The number of carbonyl (C=O) groups is 2. The number of nitrogens with zero attached hydrogens (tertiary/aromatic N) is 2. The summed E-state index contributed by atoms with van der Waals surface area (Å²) in [6.45, 7) is 1.69. The van der Waals surface area contributed by atoms with Gasteiger partial charge in [-0.1, -0.05) is 29.8 Å². The lowest BCUT2D eigenvalue weighted by molar-refractivity contribution is -0.116. The summed E-state index contributed by atoms with van der Waals surface area (Å²) in [6.07, 6.45) is 1.40. The number of aromatic nitrogens is 2. The van der Waals surface area contributed by atoms with Crippen LogP contribution in [0.25, 0.3) is 11.0 Å². The number of fused-ring (bicyclic) bond motifs is 1. The van der Waals surface area contributed by atoms with Crippen molar-refractivity contribution in [1.82, 2.24) is 9.55 Å². The van der Waals surface area contributed by atoms with Gasteiger partial charge in [0.2, 0.25) is 11.3 Å². The Labute approximate surface area is 183 Å². The van der Waals surface area contributed by atoms with E-state index in [-0.39, 0.29) is 23.4 Å². The number of halogens is 1. The third-order valence-corrected chi connectivity index (χ3v) is 5.04. The predicted molar refractivity (Wildman–Crippen MR) is 121 cm³/mol. The van der Waals surface area contributed by atoms with Gasteiger partial charge in [-0.15, -0.1) is 0 Å². The standard InChI is InChI=1S/C24H18ClN3O3/c1-15-7-12-19-23(31)20(22(30)16-8-10-17(25)11-9-16)13-28(24(19)26-15)14-21(29)27-18-5-3-2-4-6-18/h2-13H,14H2,1H3,(H,27,29). The van der Waals surface area contributed by atoms with Crippen molar-refractivity contribution >= 4 is 40.0 Å². The van der Waals surface area contributed by atoms with E-state index >= 15 is 0 Å². The summed E-state index contributed by atoms with van der Waals surface area (Å²) in [7, 11) is 0. The molecule has 0 atom stereocenters. The van der Waals surface area contributed by atoms with Crippen LogP contribution in [0.1, 0.15) is 21.6 Å². The fraction of sp³-hybridized carbons (Fsp3) is 0.0833. The molecule has 2 aromatic carbocycles. The number of pyridine rings is 2. The van der Waals surface area contributed by atoms with Gasteiger partial charge in [-0.3, -0.25) is 14.4 Å². The van der Waals surface area contributed by atoms with Crippen molar-refractivity contribution in [3.63, 3.8) is 0 Å². The molecule has 31 heavy (non-hydrogen) atoms. The second kappa shape index (κ2) is 8.53. The highest BCUT2D eigenvalue weighted by Gasteiger charge is 2.19. The quantitative estimate of drug-likeness (QED) is 0.479. The van der Waals surface area contributed by atoms with Gasteiger partial charge >= 0.3 is 0 Å². The molecule has 0 saturated heterocycles. The number of rotatable bonds is 5. The Morgan fingerprint density at radius 1 is 1.00 bits per heavy atom. The molecular formula is C24H18ClN3O3. The van der Waals surface area contributed by atoms with Crippen molar-refractivity contribution < 1.29 is 9.59 Å². The van der Waals surface area contributed by atoms with Crippen LogP contribution in [0.3, 0.4) is 0 Å². The number of para-hydroxylation sites is 1. The van der Waals surface area contributed by atoms with Crippen LogP contribution in [0.5, 0.6) is 0 Å². The molecule has 0 bridgehead atoms. The van der Waals surface area contributed by atoms with Crippen LogP contribution in [-0.2, 0) is 11.3 Å². The Hall–Kier alpha value is -3.77. The monoisotopic (exact) mass is 431 g/mol. The number of ketones is 1. The van der Waals surface area contributed by atoms with E-state index in [0.717, 1.165) is 0 Å². The highest BCUT2D eigenvalue weighted by Crippen LogP contribution is 2.16.